The van der Waals surface area contributed by atoms with Gasteiger partial charge in [-0.25, -0.2) is 4.98 Å². The maximum absolute atomic E-state index is 11.2. The van der Waals surface area contributed by atoms with Crippen LogP contribution in [0.3, 0.4) is 0 Å². The van der Waals surface area contributed by atoms with Crippen LogP contribution in [-0.4, -0.2) is 23.1 Å². The van der Waals surface area contributed by atoms with Crippen molar-refractivity contribution in [2.24, 2.45) is 0 Å². The number of nitrogens with zero attached hydrogens (tertiary/aromatic N) is 3. The highest BCUT2D eigenvalue weighted by Gasteiger charge is 2.27. The van der Waals surface area contributed by atoms with Gasteiger partial charge >= 0.3 is 5.69 Å². The van der Waals surface area contributed by atoms with Crippen LogP contribution in [0.5, 0.6) is 5.75 Å². The van der Waals surface area contributed by atoms with Crippen molar-refractivity contribution in [1.82, 2.24) is 4.98 Å². The number of ether oxygens (including phenoxy) is 1. The lowest BCUT2D eigenvalue weighted by Crippen LogP contribution is -2.29. The summed E-state index contributed by atoms with van der Waals surface area (Å²) in [5.74, 6) is 1.03. The number of anilines is 2. The van der Waals surface area contributed by atoms with Gasteiger partial charge in [-0.3, -0.25) is 10.1 Å². The molecule has 0 amide bonds. The van der Waals surface area contributed by atoms with Crippen LogP contribution in [-0.2, 0) is 0 Å². The fourth-order valence-corrected chi connectivity index (χ4v) is 2.47. The van der Waals surface area contributed by atoms with Crippen LogP contribution in [0.4, 0.5) is 17.2 Å². The minimum Gasteiger partial charge on any atom is -0.490 e. The molecule has 0 bridgehead atoms. The van der Waals surface area contributed by atoms with Crippen molar-refractivity contribution in [2.45, 2.75) is 0 Å². The molecule has 7 heteroatoms. The lowest BCUT2D eigenvalue weighted by molar-refractivity contribution is -0.384. The molecule has 20 heavy (non-hydrogen) atoms. The highest BCUT2D eigenvalue weighted by molar-refractivity contribution is 9.10. The van der Waals surface area contributed by atoms with Gasteiger partial charge in [0.25, 0.3) is 0 Å². The quantitative estimate of drug-likeness (QED) is 0.622. The molecule has 0 saturated carbocycles. The molecule has 102 valence electrons. The molecule has 2 heterocycles. The molecule has 2 aromatic rings. The van der Waals surface area contributed by atoms with E-state index in [0.29, 0.717) is 29.2 Å². The number of nitro groups is 1. The van der Waals surface area contributed by atoms with E-state index >= 15 is 0 Å². The Labute approximate surface area is 123 Å². The van der Waals surface area contributed by atoms with Crippen molar-refractivity contribution in [3.63, 3.8) is 0 Å². The molecule has 0 saturated heterocycles. The van der Waals surface area contributed by atoms with E-state index in [1.165, 1.54) is 6.07 Å². The fourth-order valence-electron chi connectivity index (χ4n) is 2.15. The van der Waals surface area contributed by atoms with Gasteiger partial charge in [-0.05, 0) is 28.1 Å². The van der Waals surface area contributed by atoms with Crippen molar-refractivity contribution in [1.29, 1.82) is 0 Å². The molecule has 1 aliphatic rings. The minimum atomic E-state index is -0.425. The van der Waals surface area contributed by atoms with Gasteiger partial charge in [0.05, 0.1) is 17.2 Å². The number of aromatic nitrogens is 1. The van der Waals surface area contributed by atoms with E-state index in [-0.39, 0.29) is 5.69 Å². The van der Waals surface area contributed by atoms with Crippen molar-refractivity contribution in [3.8, 4) is 5.75 Å². The monoisotopic (exact) mass is 335 g/mol. The molecular weight excluding hydrogens is 326 g/mol. The van der Waals surface area contributed by atoms with Crippen molar-refractivity contribution >= 4 is 33.1 Å². The van der Waals surface area contributed by atoms with Crippen LogP contribution in [0.2, 0.25) is 0 Å². The van der Waals surface area contributed by atoms with E-state index in [0.717, 1.165) is 5.69 Å². The number of halogens is 1. The number of para-hydroxylation sites is 2. The van der Waals surface area contributed by atoms with Gasteiger partial charge in [0.1, 0.15) is 12.4 Å². The van der Waals surface area contributed by atoms with Crippen LogP contribution >= 0.6 is 15.9 Å². The second-order valence-corrected chi connectivity index (χ2v) is 5.14. The van der Waals surface area contributed by atoms with Crippen molar-refractivity contribution < 1.29 is 9.66 Å². The highest BCUT2D eigenvalue weighted by Crippen LogP contribution is 2.39. The molecule has 1 aromatic heterocycles. The number of pyridine rings is 1. The predicted octanol–water partition coefficient (Wildman–Crippen LogP) is 3.28. The molecule has 0 aliphatic carbocycles. The van der Waals surface area contributed by atoms with Crippen LogP contribution in [0, 0.1) is 10.1 Å². The Morgan fingerprint density at radius 1 is 1.40 bits per heavy atom. The van der Waals surface area contributed by atoms with Gasteiger partial charge in [0.2, 0.25) is 5.82 Å². The fraction of sp³-hybridized carbons (Fsp3) is 0.154. The second-order valence-electron chi connectivity index (χ2n) is 4.22. The Morgan fingerprint density at radius 3 is 3.00 bits per heavy atom. The number of benzene rings is 1. The number of hydrogen-bond donors (Lipinski definition) is 0. The van der Waals surface area contributed by atoms with Gasteiger partial charge in [-0.2, -0.15) is 0 Å². The first-order valence-corrected chi connectivity index (χ1v) is 6.75. The first-order valence-electron chi connectivity index (χ1n) is 5.96. The van der Waals surface area contributed by atoms with Gasteiger partial charge < -0.3 is 9.64 Å². The molecular formula is C13H10BrN3O3. The van der Waals surface area contributed by atoms with Crippen LogP contribution in [0.15, 0.2) is 41.0 Å². The first-order chi connectivity index (χ1) is 9.66. The van der Waals surface area contributed by atoms with E-state index in [2.05, 4.69) is 20.9 Å². The normalized spacial score (nSPS) is 13.6. The maximum atomic E-state index is 11.2. The van der Waals surface area contributed by atoms with E-state index in [1.807, 2.05) is 29.2 Å². The average Bonchev–Trinajstić information content (AvgIpc) is 2.46. The summed E-state index contributed by atoms with van der Waals surface area (Å²) in [6.45, 7) is 0.985. The number of hydrogen-bond acceptors (Lipinski definition) is 5. The molecule has 0 unspecified atom stereocenters. The zero-order valence-corrected chi connectivity index (χ0v) is 11.9. The predicted molar refractivity (Wildman–Crippen MR) is 77.5 cm³/mol. The summed E-state index contributed by atoms with van der Waals surface area (Å²) in [5.41, 5.74) is 0.757. The van der Waals surface area contributed by atoms with Gasteiger partial charge in [-0.15, -0.1) is 0 Å². The Balaban J connectivity index is 2.13. The van der Waals surface area contributed by atoms with Crippen molar-refractivity contribution in [2.75, 3.05) is 18.1 Å². The summed E-state index contributed by atoms with van der Waals surface area (Å²) in [7, 11) is 0. The second kappa shape index (κ2) is 5.09. The van der Waals surface area contributed by atoms with Gasteiger partial charge in [0.15, 0.2) is 0 Å². The van der Waals surface area contributed by atoms with E-state index in [9.17, 15) is 10.1 Å². The van der Waals surface area contributed by atoms with Gasteiger partial charge in [-0.1, -0.05) is 12.1 Å². The van der Waals surface area contributed by atoms with E-state index < -0.39 is 4.92 Å². The molecule has 0 N–H and O–H groups in total. The molecule has 1 aliphatic heterocycles. The summed E-state index contributed by atoms with van der Waals surface area (Å²) in [4.78, 5) is 16.8. The van der Waals surface area contributed by atoms with E-state index in [1.54, 1.807) is 6.20 Å². The first kappa shape index (κ1) is 12.9. The molecule has 3 rings (SSSR count). The lowest BCUT2D eigenvalue weighted by Gasteiger charge is -2.29. The summed E-state index contributed by atoms with van der Waals surface area (Å²) in [6.07, 6.45) is 1.56. The van der Waals surface area contributed by atoms with Crippen molar-refractivity contribution in [3.05, 3.63) is 51.1 Å². The van der Waals surface area contributed by atoms with Crippen LogP contribution in [0.1, 0.15) is 0 Å². The number of fused-ring (bicyclic) bond motifs is 1. The maximum Gasteiger partial charge on any atom is 0.313 e. The summed E-state index contributed by atoms with van der Waals surface area (Å²) in [6, 6.07) is 8.89. The van der Waals surface area contributed by atoms with Crippen LogP contribution < -0.4 is 9.64 Å². The lowest BCUT2D eigenvalue weighted by atomic mass is 10.2. The molecule has 0 atom stereocenters. The highest BCUT2D eigenvalue weighted by atomic mass is 79.9. The third-order valence-electron chi connectivity index (χ3n) is 2.99. The Hall–Kier alpha value is -2.15. The Morgan fingerprint density at radius 2 is 2.20 bits per heavy atom. The summed E-state index contributed by atoms with van der Waals surface area (Å²) < 4.78 is 6.13. The third kappa shape index (κ3) is 2.20. The summed E-state index contributed by atoms with van der Waals surface area (Å²) in [5, 5.41) is 11.2. The Kier molecular flexibility index (Phi) is 3.27. The topological polar surface area (TPSA) is 68.5 Å². The standard InChI is InChI=1S/C13H10BrN3O3/c14-9-7-11(17(18)19)13(15-8-9)16-5-6-20-12-4-2-1-3-10(12)16/h1-4,7-8H,5-6H2. The van der Waals surface area contributed by atoms with Crippen LogP contribution in [0.25, 0.3) is 0 Å². The summed E-state index contributed by atoms with van der Waals surface area (Å²) >= 11 is 3.21. The minimum absolute atomic E-state index is 0.0314. The SMILES string of the molecule is O=[N+]([O-])c1cc(Br)cnc1N1CCOc2ccccc21. The molecule has 0 spiro atoms. The van der Waals surface area contributed by atoms with Gasteiger partial charge in [0, 0.05) is 16.7 Å². The number of rotatable bonds is 2. The molecule has 0 radical (unpaired) electrons. The average molecular weight is 336 g/mol. The Bertz CT molecular complexity index is 678. The zero-order valence-electron chi connectivity index (χ0n) is 10.3. The largest absolute Gasteiger partial charge is 0.490 e. The molecule has 6 nitrogen and oxygen atoms in total. The molecule has 0 fully saturated rings. The third-order valence-corrected chi connectivity index (χ3v) is 3.43. The zero-order chi connectivity index (χ0) is 14.1. The smallest absolute Gasteiger partial charge is 0.313 e. The van der Waals surface area contributed by atoms with E-state index in [4.69, 9.17) is 4.74 Å². The molecule has 1 aromatic carbocycles.